The summed E-state index contributed by atoms with van der Waals surface area (Å²) in [4.78, 5) is 22.9. The van der Waals surface area contributed by atoms with Crippen molar-refractivity contribution in [3.8, 4) is 0 Å². The van der Waals surface area contributed by atoms with E-state index in [0.29, 0.717) is 5.58 Å². The molecule has 2 rings (SSSR count). The molecule has 3 N–H and O–H groups in total. The molecule has 1 atom stereocenters. The Kier molecular flexibility index (Phi) is 4.05. The molecule has 0 bridgehead atoms. The zero-order valence-electron chi connectivity index (χ0n) is 10.9. The van der Waals surface area contributed by atoms with Crippen molar-refractivity contribution in [1.82, 2.24) is 5.32 Å². The van der Waals surface area contributed by atoms with Crippen molar-refractivity contribution in [2.75, 3.05) is 6.61 Å². The first-order chi connectivity index (χ1) is 9.51. The lowest BCUT2D eigenvalue weighted by Gasteiger charge is -2.11. The highest BCUT2D eigenvalue weighted by Gasteiger charge is 2.22. The molecule has 1 aromatic heterocycles. The monoisotopic (exact) mass is 277 g/mol. The van der Waals surface area contributed by atoms with Crippen LogP contribution in [0.4, 0.5) is 0 Å². The summed E-state index contributed by atoms with van der Waals surface area (Å²) in [5.74, 6) is -1.76. The number of aliphatic carboxylic acids is 1. The highest BCUT2D eigenvalue weighted by molar-refractivity contribution is 5.98. The Labute approximate surface area is 115 Å². The lowest BCUT2D eigenvalue weighted by Crippen LogP contribution is -2.41. The summed E-state index contributed by atoms with van der Waals surface area (Å²) < 4.78 is 5.38. The lowest BCUT2D eigenvalue weighted by atomic mass is 10.2. The molecule has 6 nitrogen and oxygen atoms in total. The van der Waals surface area contributed by atoms with Gasteiger partial charge >= 0.3 is 5.97 Å². The Balaban J connectivity index is 2.20. The number of aliphatic hydroxyl groups excluding tert-OH is 1. The van der Waals surface area contributed by atoms with E-state index < -0.39 is 17.9 Å². The van der Waals surface area contributed by atoms with E-state index >= 15 is 0 Å². The second-order valence-corrected chi connectivity index (χ2v) is 4.53. The molecule has 0 spiro atoms. The van der Waals surface area contributed by atoms with Crippen LogP contribution in [0.5, 0.6) is 0 Å². The number of aryl methyl sites for hydroxylation is 1. The molecule has 0 aliphatic rings. The largest absolute Gasteiger partial charge is 0.480 e. The van der Waals surface area contributed by atoms with Crippen molar-refractivity contribution in [3.05, 3.63) is 35.6 Å². The summed E-state index contributed by atoms with van der Waals surface area (Å²) in [5, 5.41) is 20.8. The molecule has 0 aliphatic carbocycles. The van der Waals surface area contributed by atoms with Gasteiger partial charge in [0.2, 0.25) is 0 Å². The van der Waals surface area contributed by atoms with Crippen molar-refractivity contribution in [2.24, 2.45) is 0 Å². The van der Waals surface area contributed by atoms with Gasteiger partial charge in [-0.2, -0.15) is 0 Å². The SMILES string of the molecule is Cc1ccc2oc(C(=O)N[C@H](CCO)C(=O)O)cc2c1. The van der Waals surface area contributed by atoms with Crippen LogP contribution in [0.15, 0.2) is 28.7 Å². The topological polar surface area (TPSA) is 99.8 Å². The summed E-state index contributed by atoms with van der Waals surface area (Å²) >= 11 is 0. The third kappa shape index (κ3) is 2.97. The molecule has 0 unspecified atom stereocenters. The number of carbonyl (C=O) groups excluding carboxylic acids is 1. The maximum atomic E-state index is 11.9. The number of benzene rings is 1. The zero-order valence-corrected chi connectivity index (χ0v) is 10.9. The van der Waals surface area contributed by atoms with Gasteiger partial charge in [-0.05, 0) is 25.1 Å². The number of carboxylic acid groups (broad SMARTS) is 1. The van der Waals surface area contributed by atoms with Gasteiger partial charge in [0.1, 0.15) is 11.6 Å². The highest BCUT2D eigenvalue weighted by Crippen LogP contribution is 2.20. The number of amides is 1. The molecule has 2 aromatic rings. The molecule has 6 heteroatoms. The van der Waals surface area contributed by atoms with Crippen molar-refractivity contribution < 1.29 is 24.2 Å². The predicted molar refractivity (Wildman–Crippen MR) is 71.5 cm³/mol. The number of rotatable bonds is 5. The number of hydrogen-bond donors (Lipinski definition) is 3. The van der Waals surface area contributed by atoms with Crippen molar-refractivity contribution >= 4 is 22.8 Å². The van der Waals surface area contributed by atoms with E-state index in [2.05, 4.69) is 5.32 Å². The Hall–Kier alpha value is -2.34. The minimum Gasteiger partial charge on any atom is -0.480 e. The van der Waals surface area contributed by atoms with Crippen molar-refractivity contribution in [2.45, 2.75) is 19.4 Å². The molecule has 0 saturated heterocycles. The van der Waals surface area contributed by atoms with Crippen LogP contribution in [0.2, 0.25) is 0 Å². The fourth-order valence-electron chi connectivity index (χ4n) is 1.89. The van der Waals surface area contributed by atoms with Gasteiger partial charge in [-0.1, -0.05) is 11.6 Å². The van der Waals surface area contributed by atoms with E-state index in [-0.39, 0.29) is 18.8 Å². The quantitative estimate of drug-likeness (QED) is 0.765. The third-order valence-electron chi connectivity index (χ3n) is 2.92. The molecule has 20 heavy (non-hydrogen) atoms. The smallest absolute Gasteiger partial charge is 0.326 e. The summed E-state index contributed by atoms with van der Waals surface area (Å²) in [6.07, 6.45) is -0.0551. The van der Waals surface area contributed by atoms with Gasteiger partial charge in [0.05, 0.1) is 0 Å². The van der Waals surface area contributed by atoms with Crippen LogP contribution in [0, 0.1) is 6.92 Å². The molecular weight excluding hydrogens is 262 g/mol. The Morgan fingerprint density at radius 2 is 2.10 bits per heavy atom. The third-order valence-corrected chi connectivity index (χ3v) is 2.92. The molecule has 0 aliphatic heterocycles. The first-order valence-corrected chi connectivity index (χ1v) is 6.16. The fourth-order valence-corrected chi connectivity index (χ4v) is 1.89. The van der Waals surface area contributed by atoms with Gasteiger partial charge < -0.3 is 19.9 Å². The van der Waals surface area contributed by atoms with Crippen molar-refractivity contribution in [1.29, 1.82) is 0 Å². The van der Waals surface area contributed by atoms with Crippen LogP contribution < -0.4 is 5.32 Å². The highest BCUT2D eigenvalue weighted by atomic mass is 16.4. The molecule has 0 radical (unpaired) electrons. The maximum absolute atomic E-state index is 11.9. The van der Waals surface area contributed by atoms with Gasteiger partial charge in [-0.3, -0.25) is 4.79 Å². The Morgan fingerprint density at radius 1 is 1.35 bits per heavy atom. The minimum atomic E-state index is -1.20. The fraction of sp³-hybridized carbons (Fsp3) is 0.286. The Morgan fingerprint density at radius 3 is 2.75 bits per heavy atom. The summed E-state index contributed by atoms with van der Waals surface area (Å²) in [5.41, 5.74) is 1.60. The standard InChI is InChI=1S/C14H15NO5/c1-8-2-3-11-9(6-8)7-12(20-11)13(17)15-10(4-5-16)14(18)19/h2-3,6-7,10,16H,4-5H2,1H3,(H,15,17)(H,18,19)/t10-/m1/s1. The van der Waals surface area contributed by atoms with Gasteiger partial charge in [0, 0.05) is 18.4 Å². The van der Waals surface area contributed by atoms with E-state index in [0.717, 1.165) is 10.9 Å². The number of carboxylic acids is 1. The van der Waals surface area contributed by atoms with Crippen LogP contribution in [-0.2, 0) is 4.79 Å². The number of hydrogen-bond acceptors (Lipinski definition) is 4. The molecule has 1 amide bonds. The molecule has 0 saturated carbocycles. The summed E-state index contributed by atoms with van der Waals surface area (Å²) in [7, 11) is 0. The number of nitrogens with one attached hydrogen (secondary N) is 1. The first-order valence-electron chi connectivity index (χ1n) is 6.16. The van der Waals surface area contributed by atoms with Crippen LogP contribution in [0.3, 0.4) is 0 Å². The Bertz CT molecular complexity index is 646. The molecule has 0 fully saturated rings. The van der Waals surface area contributed by atoms with Crippen molar-refractivity contribution in [3.63, 3.8) is 0 Å². The first kappa shape index (κ1) is 14.1. The van der Waals surface area contributed by atoms with Gasteiger partial charge in [0.25, 0.3) is 5.91 Å². The molecule has 106 valence electrons. The molecule has 1 aromatic carbocycles. The second kappa shape index (κ2) is 5.75. The van der Waals surface area contributed by atoms with Crippen LogP contribution >= 0.6 is 0 Å². The maximum Gasteiger partial charge on any atom is 0.326 e. The number of carbonyl (C=O) groups is 2. The minimum absolute atomic E-state index is 0.0507. The number of aliphatic hydroxyl groups is 1. The zero-order chi connectivity index (χ0) is 14.7. The molecular formula is C14H15NO5. The van der Waals surface area contributed by atoms with E-state index in [1.165, 1.54) is 0 Å². The summed E-state index contributed by atoms with van der Waals surface area (Å²) in [6, 6.07) is 5.92. The number of fused-ring (bicyclic) bond motifs is 1. The van der Waals surface area contributed by atoms with E-state index in [1.807, 2.05) is 19.1 Å². The van der Waals surface area contributed by atoms with Crippen LogP contribution in [-0.4, -0.2) is 34.7 Å². The lowest BCUT2D eigenvalue weighted by molar-refractivity contribution is -0.139. The average Bonchev–Trinajstić information content (AvgIpc) is 2.80. The van der Waals surface area contributed by atoms with E-state index in [1.54, 1.807) is 12.1 Å². The predicted octanol–water partition coefficient (Wildman–Crippen LogP) is 1.31. The van der Waals surface area contributed by atoms with E-state index in [4.69, 9.17) is 14.6 Å². The molecule has 1 heterocycles. The van der Waals surface area contributed by atoms with Crippen LogP contribution in [0.25, 0.3) is 11.0 Å². The van der Waals surface area contributed by atoms with Crippen LogP contribution in [0.1, 0.15) is 22.5 Å². The van der Waals surface area contributed by atoms with Gasteiger partial charge in [-0.25, -0.2) is 4.79 Å². The normalized spacial score (nSPS) is 12.3. The van der Waals surface area contributed by atoms with Gasteiger partial charge in [0.15, 0.2) is 5.76 Å². The van der Waals surface area contributed by atoms with Gasteiger partial charge in [-0.15, -0.1) is 0 Å². The average molecular weight is 277 g/mol. The second-order valence-electron chi connectivity index (χ2n) is 4.53. The summed E-state index contributed by atoms with van der Waals surface area (Å²) in [6.45, 7) is 1.60. The number of furan rings is 1. The van der Waals surface area contributed by atoms with E-state index in [9.17, 15) is 9.59 Å².